The van der Waals surface area contributed by atoms with Crippen LogP contribution in [0, 0.1) is 0 Å². The second-order valence-corrected chi connectivity index (χ2v) is 3.24. The number of thiol groups is 1. The van der Waals surface area contributed by atoms with Gasteiger partial charge in [-0.3, -0.25) is 0 Å². The number of benzene rings is 1. The molecule has 1 aromatic carbocycles. The van der Waals surface area contributed by atoms with Crippen LogP contribution < -0.4 is 0 Å². The first-order valence-electron chi connectivity index (χ1n) is 4.36. The first kappa shape index (κ1) is 10.1. The Balaban J connectivity index is 2.71. The smallest absolute Gasteiger partial charge is 0.00632 e. The Morgan fingerprint density at radius 2 is 2.08 bits per heavy atom. The fourth-order valence-electron chi connectivity index (χ4n) is 1.08. The van der Waals surface area contributed by atoms with Gasteiger partial charge in [-0.2, -0.15) is 12.6 Å². The first-order chi connectivity index (χ1) is 6.36. The summed E-state index contributed by atoms with van der Waals surface area (Å²) in [4.78, 5) is 0. The molecule has 68 valence electrons. The van der Waals surface area contributed by atoms with Gasteiger partial charge in [0.15, 0.2) is 0 Å². The van der Waals surface area contributed by atoms with E-state index < -0.39 is 0 Å². The van der Waals surface area contributed by atoms with Crippen LogP contribution >= 0.6 is 12.6 Å². The van der Waals surface area contributed by atoms with Gasteiger partial charge in [-0.15, -0.1) is 0 Å². The maximum Gasteiger partial charge on any atom is -0.00632 e. The number of allylic oxidation sites excluding steroid dienone is 1. The summed E-state index contributed by atoms with van der Waals surface area (Å²) >= 11 is 4.14. The molecule has 0 aliphatic rings. The third-order valence-corrected chi connectivity index (χ3v) is 2.01. The van der Waals surface area contributed by atoms with Crippen LogP contribution in [0.3, 0.4) is 0 Å². The second kappa shape index (κ2) is 5.65. The SMILES string of the molecule is C=Cc1cccc(C=CCCS)c1. The molecule has 0 radical (unpaired) electrons. The highest BCUT2D eigenvalue weighted by atomic mass is 32.1. The van der Waals surface area contributed by atoms with Gasteiger partial charge in [0.1, 0.15) is 0 Å². The van der Waals surface area contributed by atoms with Crippen molar-refractivity contribution < 1.29 is 0 Å². The molecule has 0 spiro atoms. The van der Waals surface area contributed by atoms with Crippen molar-refractivity contribution in [2.45, 2.75) is 6.42 Å². The minimum Gasteiger partial charge on any atom is -0.179 e. The maximum absolute atomic E-state index is 4.14. The molecule has 1 heteroatoms. The summed E-state index contributed by atoms with van der Waals surface area (Å²) in [5.41, 5.74) is 2.38. The van der Waals surface area contributed by atoms with Gasteiger partial charge in [0.25, 0.3) is 0 Å². The van der Waals surface area contributed by atoms with Crippen LogP contribution in [-0.4, -0.2) is 5.75 Å². The molecule has 13 heavy (non-hydrogen) atoms. The molecule has 1 rings (SSSR count). The second-order valence-electron chi connectivity index (χ2n) is 2.79. The van der Waals surface area contributed by atoms with E-state index in [4.69, 9.17) is 0 Å². The van der Waals surface area contributed by atoms with Gasteiger partial charge in [0, 0.05) is 0 Å². The van der Waals surface area contributed by atoms with E-state index in [0.717, 1.165) is 17.7 Å². The fraction of sp³-hybridized carbons (Fsp3) is 0.167. The van der Waals surface area contributed by atoms with Crippen molar-refractivity contribution in [2.24, 2.45) is 0 Å². The Labute approximate surface area is 85.4 Å². The number of rotatable bonds is 4. The normalized spacial score (nSPS) is 10.5. The molecule has 1 aromatic rings. The van der Waals surface area contributed by atoms with Gasteiger partial charge in [-0.1, -0.05) is 43.0 Å². The van der Waals surface area contributed by atoms with Crippen LogP contribution in [0.2, 0.25) is 0 Å². The monoisotopic (exact) mass is 190 g/mol. The summed E-state index contributed by atoms with van der Waals surface area (Å²) in [6, 6.07) is 8.28. The van der Waals surface area contributed by atoms with E-state index in [-0.39, 0.29) is 0 Å². The highest BCUT2D eigenvalue weighted by molar-refractivity contribution is 7.80. The summed E-state index contributed by atoms with van der Waals surface area (Å²) in [5, 5.41) is 0. The Bertz CT molecular complexity index is 300. The van der Waals surface area contributed by atoms with Crippen molar-refractivity contribution in [2.75, 3.05) is 5.75 Å². The predicted molar refractivity (Wildman–Crippen MR) is 64.0 cm³/mol. The van der Waals surface area contributed by atoms with Gasteiger partial charge in [-0.05, 0) is 29.4 Å². The Morgan fingerprint density at radius 3 is 2.77 bits per heavy atom. The van der Waals surface area contributed by atoms with Crippen LogP contribution in [0.15, 0.2) is 36.9 Å². The summed E-state index contributed by atoms with van der Waals surface area (Å²) in [6.45, 7) is 3.73. The van der Waals surface area contributed by atoms with Crippen molar-refractivity contribution in [1.29, 1.82) is 0 Å². The van der Waals surface area contributed by atoms with Crippen molar-refractivity contribution in [3.05, 3.63) is 48.0 Å². The fourth-order valence-corrected chi connectivity index (χ4v) is 1.23. The zero-order chi connectivity index (χ0) is 9.52. The summed E-state index contributed by atoms with van der Waals surface area (Å²) in [7, 11) is 0. The molecule has 0 N–H and O–H groups in total. The minimum atomic E-state index is 0.900. The van der Waals surface area contributed by atoms with Crippen LogP contribution in [0.1, 0.15) is 17.5 Å². The Morgan fingerprint density at radius 1 is 1.31 bits per heavy atom. The first-order valence-corrected chi connectivity index (χ1v) is 5.00. The van der Waals surface area contributed by atoms with Gasteiger partial charge in [-0.25, -0.2) is 0 Å². The highest BCUT2D eigenvalue weighted by Gasteiger charge is 1.87. The van der Waals surface area contributed by atoms with Crippen LogP contribution in [0.25, 0.3) is 12.2 Å². The van der Waals surface area contributed by atoms with E-state index in [1.54, 1.807) is 0 Å². The van der Waals surface area contributed by atoms with Crippen molar-refractivity contribution in [3.63, 3.8) is 0 Å². The third-order valence-electron chi connectivity index (χ3n) is 1.75. The minimum absolute atomic E-state index is 0.900. The van der Waals surface area contributed by atoms with E-state index in [2.05, 4.69) is 43.5 Å². The average Bonchev–Trinajstić information content (AvgIpc) is 2.19. The molecule has 0 heterocycles. The molecule has 0 amide bonds. The van der Waals surface area contributed by atoms with Crippen LogP contribution in [0.5, 0.6) is 0 Å². The lowest BCUT2D eigenvalue weighted by molar-refractivity contribution is 1.26. The van der Waals surface area contributed by atoms with Gasteiger partial charge in [0.05, 0.1) is 0 Å². The molecule has 0 aliphatic carbocycles. The largest absolute Gasteiger partial charge is 0.179 e. The standard InChI is InChI=1S/C12H14S/c1-2-11-7-5-8-12(10-11)6-3-4-9-13/h2-3,5-8,10,13H,1,4,9H2. The van der Waals surface area contributed by atoms with E-state index >= 15 is 0 Å². The van der Waals surface area contributed by atoms with Gasteiger partial charge < -0.3 is 0 Å². The lowest BCUT2D eigenvalue weighted by Crippen LogP contribution is -1.75. The van der Waals surface area contributed by atoms with E-state index in [9.17, 15) is 0 Å². The van der Waals surface area contributed by atoms with Crippen LogP contribution in [-0.2, 0) is 0 Å². The van der Waals surface area contributed by atoms with Crippen LogP contribution in [0.4, 0.5) is 0 Å². The zero-order valence-corrected chi connectivity index (χ0v) is 8.50. The van der Waals surface area contributed by atoms with Crippen molar-refractivity contribution >= 4 is 24.8 Å². The molecule has 0 fully saturated rings. The lowest BCUT2D eigenvalue weighted by Gasteiger charge is -1.95. The molecule has 0 aromatic heterocycles. The molecule has 0 saturated heterocycles. The lowest BCUT2D eigenvalue weighted by atomic mass is 10.1. The zero-order valence-electron chi connectivity index (χ0n) is 7.61. The molecule has 0 nitrogen and oxygen atoms in total. The molecule has 0 atom stereocenters. The quantitative estimate of drug-likeness (QED) is 0.688. The molecule has 0 aliphatic heterocycles. The molecular weight excluding hydrogens is 176 g/mol. The van der Waals surface area contributed by atoms with Crippen molar-refractivity contribution in [3.8, 4) is 0 Å². The number of hydrogen-bond donors (Lipinski definition) is 1. The topological polar surface area (TPSA) is 0 Å². The van der Waals surface area contributed by atoms with Gasteiger partial charge >= 0.3 is 0 Å². The highest BCUT2D eigenvalue weighted by Crippen LogP contribution is 2.08. The van der Waals surface area contributed by atoms with Crippen molar-refractivity contribution in [1.82, 2.24) is 0 Å². The third kappa shape index (κ3) is 3.51. The summed E-state index contributed by atoms with van der Waals surface area (Å²) in [5.74, 6) is 0.900. The van der Waals surface area contributed by atoms with E-state index in [1.165, 1.54) is 5.56 Å². The Kier molecular flexibility index (Phi) is 4.41. The van der Waals surface area contributed by atoms with E-state index in [1.807, 2.05) is 18.2 Å². The van der Waals surface area contributed by atoms with E-state index in [0.29, 0.717) is 0 Å². The summed E-state index contributed by atoms with van der Waals surface area (Å²) in [6.07, 6.45) is 7.12. The molecule has 0 saturated carbocycles. The van der Waals surface area contributed by atoms with Gasteiger partial charge in [0.2, 0.25) is 0 Å². The number of hydrogen-bond acceptors (Lipinski definition) is 1. The maximum atomic E-state index is 4.14. The summed E-state index contributed by atoms with van der Waals surface area (Å²) < 4.78 is 0. The molecule has 0 bridgehead atoms. The predicted octanol–water partition coefficient (Wildman–Crippen LogP) is 3.66. The Hall–Kier alpha value is -0.950. The molecule has 0 unspecified atom stereocenters. The molecular formula is C12H14S. The average molecular weight is 190 g/mol.